The molecule has 8 nitrogen and oxygen atoms in total. The maximum absolute atomic E-state index is 12.7. The zero-order valence-electron chi connectivity index (χ0n) is 17.0. The van der Waals surface area contributed by atoms with Crippen molar-refractivity contribution in [2.75, 3.05) is 30.7 Å². The van der Waals surface area contributed by atoms with Gasteiger partial charge < -0.3 is 16.0 Å². The molecule has 0 radical (unpaired) electrons. The minimum absolute atomic E-state index is 0.0981. The lowest BCUT2D eigenvalue weighted by Crippen LogP contribution is -2.32. The Morgan fingerprint density at radius 3 is 2.60 bits per heavy atom. The van der Waals surface area contributed by atoms with Crippen LogP contribution in [0, 0.1) is 0 Å². The third-order valence-corrected chi connectivity index (χ3v) is 5.22. The van der Waals surface area contributed by atoms with Crippen molar-refractivity contribution in [3.05, 3.63) is 58.9 Å². The van der Waals surface area contributed by atoms with Crippen LogP contribution < -0.4 is 16.6 Å². The van der Waals surface area contributed by atoms with Crippen LogP contribution in [0.1, 0.15) is 13.8 Å². The Hall–Kier alpha value is -3.65. The number of hydrogen-bond acceptors (Lipinski definition) is 5. The van der Waals surface area contributed by atoms with Crippen LogP contribution in [0.2, 0.25) is 0 Å². The smallest absolute Gasteiger partial charge is 0.261 e. The summed E-state index contributed by atoms with van der Waals surface area (Å²) in [6.45, 7) is 5.96. The minimum atomic E-state index is -0.316. The summed E-state index contributed by atoms with van der Waals surface area (Å²) in [6, 6.07) is 14.8. The van der Waals surface area contributed by atoms with E-state index in [9.17, 15) is 9.59 Å². The highest BCUT2D eigenvalue weighted by molar-refractivity contribution is 6.08. The van der Waals surface area contributed by atoms with Gasteiger partial charge in [0.25, 0.3) is 5.56 Å². The van der Waals surface area contributed by atoms with Gasteiger partial charge >= 0.3 is 0 Å². The Morgan fingerprint density at radius 2 is 1.90 bits per heavy atom. The van der Waals surface area contributed by atoms with Crippen LogP contribution in [0.15, 0.2) is 53.3 Å². The van der Waals surface area contributed by atoms with Gasteiger partial charge in [0.1, 0.15) is 16.7 Å². The van der Waals surface area contributed by atoms with Crippen LogP contribution in [0.3, 0.4) is 0 Å². The minimum Gasteiger partial charge on any atom is -0.383 e. The average molecular weight is 404 g/mol. The van der Waals surface area contributed by atoms with Gasteiger partial charge in [0.15, 0.2) is 0 Å². The normalized spacial score (nSPS) is 11.4. The van der Waals surface area contributed by atoms with Crippen LogP contribution >= 0.6 is 0 Å². The number of nitrogens with one attached hydrogen (secondary N) is 2. The first-order chi connectivity index (χ1) is 14.5. The van der Waals surface area contributed by atoms with Crippen molar-refractivity contribution in [2.24, 2.45) is 0 Å². The number of nitrogens with two attached hydrogens (primary N) is 1. The van der Waals surface area contributed by atoms with Crippen molar-refractivity contribution in [1.29, 1.82) is 0 Å². The highest BCUT2D eigenvalue weighted by atomic mass is 16.2. The highest BCUT2D eigenvalue weighted by Crippen LogP contribution is 2.28. The monoisotopic (exact) mass is 404 g/mol. The summed E-state index contributed by atoms with van der Waals surface area (Å²) in [5.41, 5.74) is 8.44. The molecule has 0 unspecified atom stereocenters. The summed E-state index contributed by atoms with van der Waals surface area (Å²) in [4.78, 5) is 29.9. The molecule has 0 aliphatic carbocycles. The van der Waals surface area contributed by atoms with Gasteiger partial charge in [-0.05, 0) is 43.4 Å². The number of hydrogen-bond donors (Lipinski definition) is 3. The fourth-order valence-corrected chi connectivity index (χ4v) is 3.58. The number of rotatable bonds is 6. The molecule has 8 heteroatoms. The summed E-state index contributed by atoms with van der Waals surface area (Å²) in [5, 5.41) is 8.60. The second-order valence-electron chi connectivity index (χ2n) is 7.08. The predicted octanol–water partition coefficient (Wildman–Crippen LogP) is 2.73. The first-order valence-corrected chi connectivity index (χ1v) is 9.93. The Bertz CT molecular complexity index is 1270. The van der Waals surface area contributed by atoms with Crippen LogP contribution in [0.4, 0.5) is 11.5 Å². The number of fused-ring (bicyclic) bond motifs is 3. The standard InChI is InChI=1S/C22H24N6O2/c1-3-27(4-2)13-18(29)24-14-10-11-16-17(12-14)25-22(30)19-20(16)26-28(21(19)23)15-8-6-5-7-9-15/h5-12H,3-4,13,23H2,1-2H3,(H,24,29)(H,25,30). The third-order valence-electron chi connectivity index (χ3n) is 5.22. The third kappa shape index (κ3) is 3.53. The number of aromatic nitrogens is 3. The number of amides is 1. The van der Waals surface area contributed by atoms with Crippen molar-refractivity contribution in [1.82, 2.24) is 19.7 Å². The van der Waals surface area contributed by atoms with Gasteiger partial charge in [0, 0.05) is 11.1 Å². The molecule has 0 saturated heterocycles. The van der Waals surface area contributed by atoms with Gasteiger partial charge in [-0.15, -0.1) is 0 Å². The van der Waals surface area contributed by atoms with Gasteiger partial charge in [-0.3, -0.25) is 14.5 Å². The largest absolute Gasteiger partial charge is 0.383 e. The molecule has 0 aliphatic heterocycles. The lowest BCUT2D eigenvalue weighted by atomic mass is 10.1. The summed E-state index contributed by atoms with van der Waals surface area (Å²) in [7, 11) is 0. The van der Waals surface area contributed by atoms with Crippen molar-refractivity contribution in [3.8, 4) is 5.69 Å². The molecule has 1 amide bonds. The Balaban J connectivity index is 1.75. The summed E-state index contributed by atoms with van der Waals surface area (Å²) in [5.74, 6) is 0.190. The zero-order valence-corrected chi connectivity index (χ0v) is 17.0. The van der Waals surface area contributed by atoms with Crippen LogP contribution in [0.25, 0.3) is 27.5 Å². The number of nitrogens with zero attached hydrogens (tertiary/aromatic N) is 3. The number of benzene rings is 2. The number of likely N-dealkylation sites (N-methyl/N-ethyl adjacent to an activating group) is 1. The van der Waals surface area contributed by atoms with Gasteiger partial charge in [0.05, 0.1) is 17.7 Å². The van der Waals surface area contributed by atoms with Crippen molar-refractivity contribution < 1.29 is 4.79 Å². The Labute approximate surface area is 173 Å². The number of carbonyl (C=O) groups excluding carboxylic acids is 1. The fraction of sp³-hybridized carbons (Fsp3) is 0.227. The number of para-hydroxylation sites is 1. The van der Waals surface area contributed by atoms with Gasteiger partial charge in [-0.2, -0.15) is 5.10 Å². The van der Waals surface area contributed by atoms with E-state index in [1.807, 2.05) is 55.1 Å². The van der Waals surface area contributed by atoms with Gasteiger partial charge in [0.2, 0.25) is 5.91 Å². The number of nitrogen functional groups attached to an aromatic ring is 1. The maximum Gasteiger partial charge on any atom is 0.261 e. The maximum atomic E-state index is 12.7. The van der Waals surface area contributed by atoms with E-state index in [2.05, 4.69) is 15.4 Å². The lowest BCUT2D eigenvalue weighted by molar-refractivity contribution is -0.117. The van der Waals surface area contributed by atoms with Crippen LogP contribution in [-0.2, 0) is 4.79 Å². The van der Waals surface area contributed by atoms with E-state index < -0.39 is 0 Å². The first-order valence-electron chi connectivity index (χ1n) is 9.93. The SMILES string of the molecule is CCN(CC)CC(=O)Nc1ccc2c(c1)[nH]c(=O)c1c(N)n(-c3ccccc3)nc12. The molecule has 0 bridgehead atoms. The quantitative estimate of drug-likeness (QED) is 0.458. The van der Waals surface area contributed by atoms with Crippen molar-refractivity contribution in [2.45, 2.75) is 13.8 Å². The van der Waals surface area contributed by atoms with E-state index in [1.54, 1.807) is 16.8 Å². The number of carbonyl (C=O) groups is 1. The molecule has 0 fully saturated rings. The molecule has 4 rings (SSSR count). The zero-order chi connectivity index (χ0) is 21.3. The van der Waals surface area contributed by atoms with Crippen LogP contribution in [-0.4, -0.2) is 45.2 Å². The second-order valence-corrected chi connectivity index (χ2v) is 7.08. The molecule has 0 atom stereocenters. The molecule has 0 aliphatic rings. The Morgan fingerprint density at radius 1 is 1.17 bits per heavy atom. The molecule has 2 heterocycles. The van der Waals surface area contributed by atoms with E-state index in [-0.39, 0.29) is 17.3 Å². The highest BCUT2D eigenvalue weighted by Gasteiger charge is 2.17. The number of anilines is 2. The molecule has 30 heavy (non-hydrogen) atoms. The van der Waals surface area contributed by atoms with Crippen molar-refractivity contribution >= 4 is 39.2 Å². The van der Waals surface area contributed by atoms with Gasteiger partial charge in [-0.1, -0.05) is 32.0 Å². The van der Waals surface area contributed by atoms with E-state index in [1.165, 1.54) is 0 Å². The van der Waals surface area contributed by atoms with Crippen LogP contribution in [0.5, 0.6) is 0 Å². The molecular formula is C22H24N6O2. The molecule has 154 valence electrons. The Kier molecular flexibility index (Phi) is 5.24. The van der Waals surface area contributed by atoms with Gasteiger partial charge in [-0.25, -0.2) is 4.68 Å². The molecule has 0 spiro atoms. The lowest BCUT2D eigenvalue weighted by Gasteiger charge is -2.17. The molecular weight excluding hydrogens is 380 g/mol. The predicted molar refractivity (Wildman–Crippen MR) is 120 cm³/mol. The molecule has 4 N–H and O–H groups in total. The second kappa shape index (κ2) is 8.00. The summed E-state index contributed by atoms with van der Waals surface area (Å²) < 4.78 is 1.57. The van der Waals surface area contributed by atoms with E-state index in [0.29, 0.717) is 28.7 Å². The first kappa shape index (κ1) is 19.7. The summed E-state index contributed by atoms with van der Waals surface area (Å²) >= 11 is 0. The average Bonchev–Trinajstić information content (AvgIpc) is 3.10. The number of H-pyrrole nitrogens is 1. The summed E-state index contributed by atoms with van der Waals surface area (Å²) in [6.07, 6.45) is 0. The topological polar surface area (TPSA) is 109 Å². The van der Waals surface area contributed by atoms with E-state index >= 15 is 0 Å². The molecule has 4 aromatic rings. The number of pyridine rings is 1. The fourth-order valence-electron chi connectivity index (χ4n) is 3.58. The molecule has 2 aromatic heterocycles. The van der Waals surface area contributed by atoms with E-state index in [0.717, 1.165) is 24.2 Å². The molecule has 2 aromatic carbocycles. The number of aromatic amines is 1. The van der Waals surface area contributed by atoms with E-state index in [4.69, 9.17) is 5.73 Å². The van der Waals surface area contributed by atoms with Crippen molar-refractivity contribution in [3.63, 3.8) is 0 Å². The molecule has 0 saturated carbocycles.